The van der Waals surface area contributed by atoms with Crippen LogP contribution in [-0.2, 0) is 14.3 Å². The molecule has 0 aromatic carbocycles. The van der Waals surface area contributed by atoms with Gasteiger partial charge in [0.1, 0.15) is 0 Å². The minimum atomic E-state index is -0.669. The molecule has 398 valence electrons. The first-order chi connectivity index (χ1) is 33.0. The molecular formula is C61H119NO5. The number of aliphatic hydroxyl groups excluding tert-OH is 2. The van der Waals surface area contributed by atoms with Crippen molar-refractivity contribution in [3.8, 4) is 0 Å². The highest BCUT2D eigenvalue weighted by Crippen LogP contribution is 2.18. The standard InChI is InChI=1S/C61H119NO5/c1-3-5-7-9-11-13-15-17-19-26-29-33-37-41-45-49-53-59(64)58(57-63)62-60(65)54-50-46-42-38-34-30-27-24-22-20-21-23-25-28-32-36-40-44-48-52-56-67-61(66)55-51-47-43-39-35-31-18-16-14-12-10-8-6-4-2/h20,22,58-59,63-64H,3-19,21,23-57H2,1-2H3,(H,62,65)/b22-20-. The monoisotopic (exact) mass is 946 g/mol. The van der Waals surface area contributed by atoms with E-state index in [0.29, 0.717) is 25.9 Å². The van der Waals surface area contributed by atoms with E-state index >= 15 is 0 Å². The lowest BCUT2D eigenvalue weighted by molar-refractivity contribution is -0.143. The second-order valence-electron chi connectivity index (χ2n) is 21.0. The lowest BCUT2D eigenvalue weighted by atomic mass is 10.0. The number of esters is 1. The molecule has 0 saturated heterocycles. The van der Waals surface area contributed by atoms with Gasteiger partial charge in [-0.05, 0) is 51.4 Å². The molecule has 0 aliphatic rings. The van der Waals surface area contributed by atoms with Gasteiger partial charge in [-0.1, -0.05) is 289 Å². The second-order valence-corrected chi connectivity index (χ2v) is 21.0. The molecule has 0 fully saturated rings. The summed E-state index contributed by atoms with van der Waals surface area (Å²) in [7, 11) is 0. The topological polar surface area (TPSA) is 95.9 Å². The third-order valence-corrected chi connectivity index (χ3v) is 14.3. The summed E-state index contributed by atoms with van der Waals surface area (Å²) < 4.78 is 5.48. The van der Waals surface area contributed by atoms with Crippen LogP contribution in [0.4, 0.5) is 0 Å². The Morgan fingerprint density at radius 3 is 1.06 bits per heavy atom. The van der Waals surface area contributed by atoms with Crippen LogP contribution in [-0.4, -0.2) is 47.4 Å². The molecule has 6 nitrogen and oxygen atoms in total. The van der Waals surface area contributed by atoms with Gasteiger partial charge in [0.15, 0.2) is 0 Å². The third kappa shape index (κ3) is 53.8. The van der Waals surface area contributed by atoms with E-state index in [0.717, 1.165) is 38.5 Å². The van der Waals surface area contributed by atoms with Crippen molar-refractivity contribution in [2.24, 2.45) is 0 Å². The number of allylic oxidation sites excluding steroid dienone is 2. The quantitative estimate of drug-likeness (QED) is 0.0321. The molecule has 0 aliphatic carbocycles. The normalized spacial score (nSPS) is 12.6. The molecule has 1 amide bonds. The van der Waals surface area contributed by atoms with Crippen LogP contribution in [0.25, 0.3) is 0 Å². The van der Waals surface area contributed by atoms with E-state index in [1.807, 2.05) is 0 Å². The molecule has 0 radical (unpaired) electrons. The Hall–Kier alpha value is -1.40. The Labute approximate surface area is 419 Å². The van der Waals surface area contributed by atoms with Gasteiger partial charge >= 0.3 is 5.97 Å². The zero-order valence-electron chi connectivity index (χ0n) is 45.4. The van der Waals surface area contributed by atoms with Gasteiger partial charge < -0.3 is 20.3 Å². The molecule has 0 aliphatic heterocycles. The smallest absolute Gasteiger partial charge is 0.305 e. The highest BCUT2D eigenvalue weighted by molar-refractivity contribution is 5.76. The lowest BCUT2D eigenvalue weighted by Gasteiger charge is -2.22. The van der Waals surface area contributed by atoms with Crippen LogP contribution in [0, 0.1) is 0 Å². The highest BCUT2D eigenvalue weighted by Gasteiger charge is 2.20. The number of rotatable bonds is 57. The number of hydrogen-bond acceptors (Lipinski definition) is 5. The fourth-order valence-electron chi connectivity index (χ4n) is 9.64. The van der Waals surface area contributed by atoms with Gasteiger partial charge in [-0.15, -0.1) is 0 Å². The Morgan fingerprint density at radius 1 is 0.403 bits per heavy atom. The first-order valence-electron chi connectivity index (χ1n) is 30.4. The summed E-state index contributed by atoms with van der Waals surface area (Å²) in [5.41, 5.74) is 0. The van der Waals surface area contributed by atoms with E-state index in [1.54, 1.807) is 0 Å². The molecule has 2 unspecified atom stereocenters. The van der Waals surface area contributed by atoms with Gasteiger partial charge in [-0.25, -0.2) is 0 Å². The fraction of sp³-hybridized carbons (Fsp3) is 0.934. The van der Waals surface area contributed by atoms with Crippen molar-refractivity contribution in [1.82, 2.24) is 5.32 Å². The number of carbonyl (C=O) groups excluding carboxylic acids is 2. The SMILES string of the molecule is CCCCCCCCCCCCCCCCCCC(O)C(CO)NC(=O)CCCCCCCCC/C=C\CCCCCCCCCCCOC(=O)CCCCCCCCCCCCCCCC. The predicted octanol–water partition coefficient (Wildman–Crippen LogP) is 18.9. The van der Waals surface area contributed by atoms with Gasteiger partial charge in [0.2, 0.25) is 5.91 Å². The minimum absolute atomic E-state index is 0.00918. The van der Waals surface area contributed by atoms with Crippen LogP contribution in [0.5, 0.6) is 0 Å². The zero-order chi connectivity index (χ0) is 48.6. The average molecular weight is 947 g/mol. The van der Waals surface area contributed by atoms with E-state index in [2.05, 4.69) is 31.3 Å². The number of nitrogens with one attached hydrogen (secondary N) is 1. The molecule has 6 heteroatoms. The Balaban J connectivity index is 3.42. The summed E-state index contributed by atoms with van der Waals surface area (Å²) in [5.74, 6) is -0.0318. The van der Waals surface area contributed by atoms with Crippen LogP contribution in [0.3, 0.4) is 0 Å². The van der Waals surface area contributed by atoms with Crippen LogP contribution in [0.1, 0.15) is 341 Å². The fourth-order valence-corrected chi connectivity index (χ4v) is 9.64. The van der Waals surface area contributed by atoms with Crippen molar-refractivity contribution in [1.29, 1.82) is 0 Å². The van der Waals surface area contributed by atoms with E-state index in [4.69, 9.17) is 4.74 Å². The van der Waals surface area contributed by atoms with Crippen LogP contribution < -0.4 is 5.32 Å². The molecule has 0 rings (SSSR count). The zero-order valence-corrected chi connectivity index (χ0v) is 45.4. The van der Waals surface area contributed by atoms with E-state index < -0.39 is 12.1 Å². The number of ether oxygens (including phenoxy) is 1. The van der Waals surface area contributed by atoms with Crippen LogP contribution in [0.2, 0.25) is 0 Å². The maximum absolute atomic E-state index is 12.5. The number of hydrogen-bond donors (Lipinski definition) is 3. The summed E-state index contributed by atoms with van der Waals surface area (Å²) in [6.45, 7) is 4.97. The summed E-state index contributed by atoms with van der Waals surface area (Å²) >= 11 is 0. The first kappa shape index (κ1) is 65.6. The average Bonchev–Trinajstić information content (AvgIpc) is 3.33. The molecule has 0 aromatic rings. The third-order valence-electron chi connectivity index (χ3n) is 14.3. The summed E-state index contributed by atoms with van der Waals surface area (Å²) in [4.78, 5) is 24.5. The van der Waals surface area contributed by atoms with Crippen molar-refractivity contribution >= 4 is 11.9 Å². The Morgan fingerprint density at radius 2 is 0.701 bits per heavy atom. The molecule has 67 heavy (non-hydrogen) atoms. The van der Waals surface area contributed by atoms with E-state index in [9.17, 15) is 19.8 Å². The second kappa shape index (κ2) is 57.2. The maximum atomic E-state index is 12.5. The molecule has 3 N–H and O–H groups in total. The van der Waals surface area contributed by atoms with Crippen molar-refractivity contribution in [3.63, 3.8) is 0 Å². The molecule has 0 heterocycles. The van der Waals surface area contributed by atoms with Crippen molar-refractivity contribution in [2.45, 2.75) is 353 Å². The van der Waals surface area contributed by atoms with Crippen molar-refractivity contribution < 1.29 is 24.5 Å². The lowest BCUT2D eigenvalue weighted by Crippen LogP contribution is -2.45. The number of aliphatic hydroxyl groups is 2. The largest absolute Gasteiger partial charge is 0.466 e. The Bertz CT molecular complexity index is 1000. The molecular weight excluding hydrogens is 827 g/mol. The van der Waals surface area contributed by atoms with E-state index in [1.165, 1.54) is 270 Å². The highest BCUT2D eigenvalue weighted by atomic mass is 16.5. The summed E-state index contributed by atoms with van der Waals surface area (Å²) in [6, 6.07) is -0.547. The summed E-state index contributed by atoms with van der Waals surface area (Å²) in [5, 5.41) is 23.3. The minimum Gasteiger partial charge on any atom is -0.466 e. The summed E-state index contributed by atoms with van der Waals surface area (Å²) in [6.07, 6.45) is 67.8. The maximum Gasteiger partial charge on any atom is 0.305 e. The molecule has 0 spiro atoms. The van der Waals surface area contributed by atoms with Crippen LogP contribution >= 0.6 is 0 Å². The van der Waals surface area contributed by atoms with Gasteiger partial charge in [0.05, 0.1) is 25.4 Å². The van der Waals surface area contributed by atoms with Crippen LogP contribution in [0.15, 0.2) is 12.2 Å². The van der Waals surface area contributed by atoms with E-state index in [-0.39, 0.29) is 18.5 Å². The predicted molar refractivity (Wildman–Crippen MR) is 292 cm³/mol. The number of unbranched alkanes of at least 4 members (excludes halogenated alkanes) is 44. The van der Waals surface area contributed by atoms with Gasteiger partial charge in [-0.2, -0.15) is 0 Å². The molecule has 2 atom stereocenters. The van der Waals surface area contributed by atoms with Gasteiger partial charge in [0.25, 0.3) is 0 Å². The van der Waals surface area contributed by atoms with Gasteiger partial charge in [-0.3, -0.25) is 9.59 Å². The number of carbonyl (C=O) groups is 2. The van der Waals surface area contributed by atoms with Crippen molar-refractivity contribution in [2.75, 3.05) is 13.2 Å². The number of amides is 1. The van der Waals surface area contributed by atoms with Crippen molar-refractivity contribution in [3.05, 3.63) is 12.2 Å². The Kier molecular flexibility index (Phi) is 56.0. The molecule has 0 aromatic heterocycles. The molecule has 0 saturated carbocycles. The molecule has 0 bridgehead atoms. The van der Waals surface area contributed by atoms with Gasteiger partial charge in [0, 0.05) is 12.8 Å². The first-order valence-corrected chi connectivity index (χ1v) is 30.4.